The van der Waals surface area contributed by atoms with Gasteiger partial charge in [-0.3, -0.25) is 4.98 Å². The minimum atomic E-state index is 0.119. The van der Waals surface area contributed by atoms with E-state index >= 15 is 0 Å². The Hall–Kier alpha value is -1.09. The molecule has 1 aromatic heterocycles. The molecule has 0 bridgehead atoms. The van der Waals surface area contributed by atoms with Crippen molar-refractivity contribution >= 4 is 0 Å². The van der Waals surface area contributed by atoms with E-state index in [4.69, 9.17) is 4.74 Å². The van der Waals surface area contributed by atoms with Gasteiger partial charge in [0, 0.05) is 12.1 Å². The molecule has 0 aromatic carbocycles. The van der Waals surface area contributed by atoms with Crippen LogP contribution in [0.5, 0.6) is 5.75 Å². The zero-order chi connectivity index (χ0) is 12.9. The van der Waals surface area contributed by atoms with Crippen molar-refractivity contribution in [2.75, 3.05) is 0 Å². The van der Waals surface area contributed by atoms with Gasteiger partial charge >= 0.3 is 0 Å². The third-order valence-corrected chi connectivity index (χ3v) is 2.51. The van der Waals surface area contributed by atoms with Crippen molar-refractivity contribution in [3.05, 3.63) is 24.0 Å². The number of hydrogen-bond donors (Lipinski definition) is 1. The van der Waals surface area contributed by atoms with E-state index in [0.717, 1.165) is 24.4 Å². The highest BCUT2D eigenvalue weighted by atomic mass is 16.5. The van der Waals surface area contributed by atoms with E-state index in [0.29, 0.717) is 0 Å². The molecule has 0 fully saturated rings. The lowest BCUT2D eigenvalue weighted by Gasteiger charge is -2.20. The van der Waals surface area contributed by atoms with Crippen molar-refractivity contribution in [3.8, 4) is 5.75 Å². The molecule has 0 saturated heterocycles. The number of aromatic nitrogens is 1. The number of hydrogen-bond acceptors (Lipinski definition) is 3. The standard InChI is InChI=1S/C14H24N2O/c1-6-11(2)17-13-8-7-12(15-10-13)9-16-14(3,4)5/h7-8,10-11,16H,6,9H2,1-5H3. The Labute approximate surface area is 105 Å². The largest absolute Gasteiger partial charge is 0.489 e. The van der Waals surface area contributed by atoms with Gasteiger partial charge in [-0.25, -0.2) is 0 Å². The first kappa shape index (κ1) is 14.0. The second-order valence-corrected chi connectivity index (χ2v) is 5.43. The molecule has 0 aliphatic rings. The van der Waals surface area contributed by atoms with E-state index in [9.17, 15) is 0 Å². The van der Waals surface area contributed by atoms with E-state index < -0.39 is 0 Å². The van der Waals surface area contributed by atoms with Crippen LogP contribution in [0.4, 0.5) is 0 Å². The van der Waals surface area contributed by atoms with E-state index in [2.05, 4.69) is 44.9 Å². The van der Waals surface area contributed by atoms with Crippen molar-refractivity contribution in [1.29, 1.82) is 0 Å². The Kier molecular flexibility index (Phi) is 4.94. The molecular weight excluding hydrogens is 212 g/mol. The van der Waals surface area contributed by atoms with Crippen LogP contribution in [0, 0.1) is 0 Å². The summed E-state index contributed by atoms with van der Waals surface area (Å²) >= 11 is 0. The average molecular weight is 236 g/mol. The van der Waals surface area contributed by atoms with Gasteiger partial charge < -0.3 is 10.1 Å². The van der Waals surface area contributed by atoms with Gasteiger partial charge in [-0.15, -0.1) is 0 Å². The fourth-order valence-corrected chi connectivity index (χ4v) is 1.26. The number of rotatable bonds is 5. The van der Waals surface area contributed by atoms with Crippen molar-refractivity contribution < 1.29 is 4.74 Å². The summed E-state index contributed by atoms with van der Waals surface area (Å²) in [6.45, 7) is 11.4. The molecule has 1 aromatic rings. The molecular formula is C14H24N2O. The van der Waals surface area contributed by atoms with E-state index in [-0.39, 0.29) is 11.6 Å². The SMILES string of the molecule is CCC(C)Oc1ccc(CNC(C)(C)C)nc1. The van der Waals surface area contributed by atoms with Crippen LogP contribution in [0.2, 0.25) is 0 Å². The molecule has 17 heavy (non-hydrogen) atoms. The van der Waals surface area contributed by atoms with Gasteiger partial charge in [0.15, 0.2) is 0 Å². The summed E-state index contributed by atoms with van der Waals surface area (Å²) in [5, 5.41) is 3.41. The minimum absolute atomic E-state index is 0.119. The minimum Gasteiger partial charge on any atom is -0.489 e. The predicted octanol–water partition coefficient (Wildman–Crippen LogP) is 3.15. The maximum absolute atomic E-state index is 5.68. The molecule has 0 amide bonds. The van der Waals surface area contributed by atoms with Crippen molar-refractivity contribution in [2.24, 2.45) is 0 Å². The summed E-state index contributed by atoms with van der Waals surface area (Å²) in [5.41, 5.74) is 1.16. The quantitative estimate of drug-likeness (QED) is 0.852. The fourth-order valence-electron chi connectivity index (χ4n) is 1.26. The first-order chi connectivity index (χ1) is 7.90. The van der Waals surface area contributed by atoms with Crippen LogP contribution in [-0.4, -0.2) is 16.6 Å². The van der Waals surface area contributed by atoms with Crippen LogP contribution >= 0.6 is 0 Å². The highest BCUT2D eigenvalue weighted by Crippen LogP contribution is 2.12. The number of ether oxygens (including phenoxy) is 1. The molecule has 1 rings (SSSR count). The Morgan fingerprint density at radius 2 is 2.06 bits per heavy atom. The summed E-state index contributed by atoms with van der Waals surface area (Å²) in [5.74, 6) is 0.846. The number of pyridine rings is 1. The molecule has 1 atom stereocenters. The Morgan fingerprint density at radius 1 is 1.35 bits per heavy atom. The van der Waals surface area contributed by atoms with Crippen LogP contribution in [0.1, 0.15) is 46.7 Å². The number of nitrogens with one attached hydrogen (secondary N) is 1. The molecule has 3 heteroatoms. The Bertz CT molecular complexity index is 327. The lowest BCUT2D eigenvalue weighted by Crippen LogP contribution is -2.35. The predicted molar refractivity (Wildman–Crippen MR) is 71.2 cm³/mol. The van der Waals surface area contributed by atoms with Crippen LogP contribution in [-0.2, 0) is 6.54 Å². The molecule has 0 aliphatic carbocycles. The lowest BCUT2D eigenvalue weighted by molar-refractivity contribution is 0.216. The monoisotopic (exact) mass is 236 g/mol. The Balaban J connectivity index is 2.50. The third kappa shape index (κ3) is 5.68. The fraction of sp³-hybridized carbons (Fsp3) is 0.643. The van der Waals surface area contributed by atoms with Gasteiger partial charge in [0.1, 0.15) is 5.75 Å². The van der Waals surface area contributed by atoms with E-state index in [1.807, 2.05) is 12.1 Å². The summed E-state index contributed by atoms with van der Waals surface area (Å²) in [4.78, 5) is 4.38. The zero-order valence-electron chi connectivity index (χ0n) is 11.6. The maximum Gasteiger partial charge on any atom is 0.138 e. The topological polar surface area (TPSA) is 34.1 Å². The number of nitrogens with zero attached hydrogens (tertiary/aromatic N) is 1. The lowest BCUT2D eigenvalue weighted by atomic mass is 10.1. The van der Waals surface area contributed by atoms with E-state index in [1.165, 1.54) is 0 Å². The molecule has 96 valence electrons. The van der Waals surface area contributed by atoms with Crippen molar-refractivity contribution in [2.45, 2.75) is 59.2 Å². The second kappa shape index (κ2) is 6.01. The zero-order valence-corrected chi connectivity index (χ0v) is 11.6. The van der Waals surface area contributed by atoms with Crippen LogP contribution < -0.4 is 10.1 Å². The highest BCUT2D eigenvalue weighted by Gasteiger charge is 2.09. The van der Waals surface area contributed by atoms with Gasteiger partial charge in [0.2, 0.25) is 0 Å². The average Bonchev–Trinajstić information content (AvgIpc) is 2.27. The molecule has 0 spiro atoms. The molecule has 0 aliphatic heterocycles. The van der Waals surface area contributed by atoms with Gasteiger partial charge in [0.25, 0.3) is 0 Å². The summed E-state index contributed by atoms with van der Waals surface area (Å²) < 4.78 is 5.68. The molecule has 1 heterocycles. The third-order valence-electron chi connectivity index (χ3n) is 2.51. The van der Waals surface area contributed by atoms with Gasteiger partial charge in [-0.2, -0.15) is 0 Å². The van der Waals surface area contributed by atoms with Gasteiger partial charge in [0.05, 0.1) is 18.0 Å². The Morgan fingerprint density at radius 3 is 2.53 bits per heavy atom. The van der Waals surface area contributed by atoms with Gasteiger partial charge in [-0.05, 0) is 46.2 Å². The van der Waals surface area contributed by atoms with E-state index in [1.54, 1.807) is 6.20 Å². The normalized spacial score (nSPS) is 13.5. The van der Waals surface area contributed by atoms with Crippen LogP contribution in [0.25, 0.3) is 0 Å². The summed E-state index contributed by atoms with van der Waals surface area (Å²) in [6.07, 6.45) is 3.05. The van der Waals surface area contributed by atoms with Gasteiger partial charge in [-0.1, -0.05) is 6.92 Å². The molecule has 1 unspecified atom stereocenters. The molecule has 3 nitrogen and oxygen atoms in total. The summed E-state index contributed by atoms with van der Waals surface area (Å²) in [7, 11) is 0. The second-order valence-electron chi connectivity index (χ2n) is 5.43. The maximum atomic E-state index is 5.68. The first-order valence-electron chi connectivity index (χ1n) is 6.27. The van der Waals surface area contributed by atoms with Crippen LogP contribution in [0.3, 0.4) is 0 Å². The summed E-state index contributed by atoms with van der Waals surface area (Å²) in [6, 6.07) is 4.00. The van der Waals surface area contributed by atoms with Crippen molar-refractivity contribution in [1.82, 2.24) is 10.3 Å². The molecule has 0 radical (unpaired) electrons. The molecule has 1 N–H and O–H groups in total. The highest BCUT2D eigenvalue weighted by molar-refractivity contribution is 5.20. The smallest absolute Gasteiger partial charge is 0.138 e. The van der Waals surface area contributed by atoms with Crippen LogP contribution in [0.15, 0.2) is 18.3 Å². The van der Waals surface area contributed by atoms with Crippen molar-refractivity contribution in [3.63, 3.8) is 0 Å². The first-order valence-corrected chi connectivity index (χ1v) is 6.27. The molecule has 0 saturated carbocycles.